The number of carbonyl (C=O) groups excluding carboxylic acids is 1. The third-order valence-corrected chi connectivity index (χ3v) is 6.77. The quantitative estimate of drug-likeness (QED) is 0.341. The molecule has 0 saturated heterocycles. The molecule has 9 nitrogen and oxygen atoms in total. The van der Waals surface area contributed by atoms with E-state index in [9.17, 15) is 18.3 Å². The number of hydrazone groups is 1. The van der Waals surface area contributed by atoms with E-state index in [0.717, 1.165) is 4.31 Å². The molecule has 0 spiro atoms. The largest absolute Gasteiger partial charge is 0.504 e. The van der Waals surface area contributed by atoms with Crippen molar-refractivity contribution in [1.82, 2.24) is 5.43 Å². The van der Waals surface area contributed by atoms with Gasteiger partial charge in [-0.1, -0.05) is 35.9 Å². The molecule has 1 amide bonds. The number of aromatic hydroxyl groups is 1. The van der Waals surface area contributed by atoms with Gasteiger partial charge in [0.1, 0.15) is 12.3 Å². The lowest BCUT2D eigenvalue weighted by molar-refractivity contribution is -0.119. The number of carbonyl (C=O) groups is 1. The minimum Gasteiger partial charge on any atom is -0.504 e. The van der Waals surface area contributed by atoms with Crippen molar-refractivity contribution in [2.45, 2.75) is 4.90 Å². The molecule has 3 aromatic rings. The van der Waals surface area contributed by atoms with E-state index < -0.39 is 22.5 Å². The minimum atomic E-state index is -4.11. The number of benzene rings is 3. The normalized spacial score (nSPS) is 11.3. The van der Waals surface area contributed by atoms with Crippen LogP contribution >= 0.6 is 11.6 Å². The predicted molar refractivity (Wildman–Crippen MR) is 129 cm³/mol. The molecule has 0 aliphatic carbocycles. The number of hydrogen-bond acceptors (Lipinski definition) is 7. The number of para-hydroxylation sites is 1. The summed E-state index contributed by atoms with van der Waals surface area (Å²) < 4.78 is 37.7. The van der Waals surface area contributed by atoms with Crippen LogP contribution in [0.4, 0.5) is 5.69 Å². The summed E-state index contributed by atoms with van der Waals surface area (Å²) in [5, 5.41) is 14.1. The molecule has 0 saturated carbocycles. The van der Waals surface area contributed by atoms with E-state index in [4.69, 9.17) is 21.1 Å². The zero-order chi connectivity index (χ0) is 24.7. The van der Waals surface area contributed by atoms with Crippen molar-refractivity contribution in [3.8, 4) is 17.2 Å². The van der Waals surface area contributed by atoms with Crippen molar-refractivity contribution in [3.05, 3.63) is 77.3 Å². The molecule has 0 bridgehead atoms. The summed E-state index contributed by atoms with van der Waals surface area (Å²) >= 11 is 6.19. The summed E-state index contributed by atoms with van der Waals surface area (Å²) in [5.41, 5.74) is 2.74. The summed E-state index contributed by atoms with van der Waals surface area (Å²) in [6, 6.07) is 16.9. The average molecular weight is 504 g/mol. The van der Waals surface area contributed by atoms with Crippen LogP contribution < -0.4 is 19.2 Å². The molecule has 178 valence electrons. The Labute approximate surface area is 202 Å². The van der Waals surface area contributed by atoms with Crippen LogP contribution in [0, 0.1) is 0 Å². The molecule has 34 heavy (non-hydrogen) atoms. The van der Waals surface area contributed by atoms with Crippen molar-refractivity contribution in [2.24, 2.45) is 5.10 Å². The second kappa shape index (κ2) is 10.9. The second-order valence-electron chi connectivity index (χ2n) is 6.83. The molecule has 0 fully saturated rings. The minimum absolute atomic E-state index is 0.000422. The third kappa shape index (κ3) is 5.59. The van der Waals surface area contributed by atoms with Gasteiger partial charge >= 0.3 is 0 Å². The van der Waals surface area contributed by atoms with Gasteiger partial charge in [0.15, 0.2) is 11.5 Å². The Morgan fingerprint density at radius 1 is 1.06 bits per heavy atom. The molecule has 3 rings (SSSR count). The standard InChI is InChI=1S/C23H22ClN3O6S/c1-32-20-12-11-17(13-19(20)24)27(34(30,31)18-8-4-3-5-9-18)15-22(28)26-25-14-16-7-6-10-21(33-2)23(16)29/h3-14,29H,15H2,1-2H3,(H,26,28)/b25-14-. The number of ether oxygens (including phenoxy) is 2. The van der Waals surface area contributed by atoms with Gasteiger partial charge in [-0.05, 0) is 42.5 Å². The van der Waals surface area contributed by atoms with Crippen molar-refractivity contribution in [2.75, 3.05) is 25.1 Å². The maximum atomic E-state index is 13.3. The number of halogens is 1. The first-order valence-corrected chi connectivity index (χ1v) is 11.7. The Balaban J connectivity index is 1.87. The molecule has 3 aromatic carbocycles. The number of amides is 1. The van der Waals surface area contributed by atoms with Crippen LogP contribution in [0.1, 0.15) is 5.56 Å². The number of nitrogens with zero attached hydrogens (tertiary/aromatic N) is 2. The lowest BCUT2D eigenvalue weighted by Gasteiger charge is -2.24. The number of hydrogen-bond donors (Lipinski definition) is 2. The fourth-order valence-corrected chi connectivity index (χ4v) is 4.68. The van der Waals surface area contributed by atoms with Crippen LogP contribution in [-0.2, 0) is 14.8 Å². The van der Waals surface area contributed by atoms with Gasteiger partial charge < -0.3 is 14.6 Å². The van der Waals surface area contributed by atoms with E-state index in [0.29, 0.717) is 11.3 Å². The van der Waals surface area contributed by atoms with Gasteiger partial charge in [-0.2, -0.15) is 5.10 Å². The summed E-state index contributed by atoms with van der Waals surface area (Å²) in [6.07, 6.45) is 1.22. The highest BCUT2D eigenvalue weighted by molar-refractivity contribution is 7.92. The third-order valence-electron chi connectivity index (χ3n) is 4.68. The number of sulfonamides is 1. The van der Waals surface area contributed by atoms with Crippen molar-refractivity contribution in [3.63, 3.8) is 0 Å². The number of anilines is 1. The number of nitrogens with one attached hydrogen (secondary N) is 1. The smallest absolute Gasteiger partial charge is 0.264 e. The molecule has 0 aliphatic rings. The Hall–Kier alpha value is -3.76. The molecule has 0 aliphatic heterocycles. The average Bonchev–Trinajstić information content (AvgIpc) is 2.84. The second-order valence-corrected chi connectivity index (χ2v) is 9.10. The zero-order valence-electron chi connectivity index (χ0n) is 18.3. The van der Waals surface area contributed by atoms with Gasteiger partial charge in [0.05, 0.1) is 36.0 Å². The van der Waals surface area contributed by atoms with E-state index in [-0.39, 0.29) is 27.1 Å². The van der Waals surface area contributed by atoms with Crippen LogP contribution in [-0.4, -0.2) is 46.4 Å². The molecular formula is C23H22ClN3O6S. The molecule has 0 aromatic heterocycles. The summed E-state index contributed by atoms with van der Waals surface area (Å²) in [5.74, 6) is -0.268. The van der Waals surface area contributed by atoms with Crippen molar-refractivity contribution in [1.29, 1.82) is 0 Å². The van der Waals surface area contributed by atoms with E-state index in [1.807, 2.05) is 0 Å². The zero-order valence-corrected chi connectivity index (χ0v) is 19.9. The maximum absolute atomic E-state index is 13.3. The highest BCUT2D eigenvalue weighted by atomic mass is 35.5. The monoisotopic (exact) mass is 503 g/mol. The van der Waals surface area contributed by atoms with E-state index in [1.165, 1.54) is 50.8 Å². The van der Waals surface area contributed by atoms with Crippen LogP contribution in [0.5, 0.6) is 17.2 Å². The topological polar surface area (TPSA) is 118 Å². The first-order chi connectivity index (χ1) is 16.3. The van der Waals surface area contributed by atoms with Gasteiger partial charge in [-0.3, -0.25) is 9.10 Å². The van der Waals surface area contributed by atoms with Crippen molar-refractivity contribution < 1.29 is 27.8 Å². The van der Waals surface area contributed by atoms with Crippen LogP contribution in [0.2, 0.25) is 5.02 Å². The fourth-order valence-electron chi connectivity index (χ4n) is 2.99. The lowest BCUT2D eigenvalue weighted by Crippen LogP contribution is -2.39. The number of rotatable bonds is 9. The van der Waals surface area contributed by atoms with E-state index in [2.05, 4.69) is 10.5 Å². The first kappa shape index (κ1) is 24.9. The van der Waals surface area contributed by atoms with E-state index >= 15 is 0 Å². The first-order valence-electron chi connectivity index (χ1n) is 9.87. The Morgan fingerprint density at radius 2 is 1.76 bits per heavy atom. The van der Waals surface area contributed by atoms with Crippen molar-refractivity contribution >= 4 is 39.4 Å². The molecule has 11 heteroatoms. The number of phenols is 1. The molecular weight excluding hydrogens is 482 g/mol. The molecule has 0 radical (unpaired) electrons. The van der Waals surface area contributed by atoms with Gasteiger partial charge in [-0.25, -0.2) is 13.8 Å². The summed E-state index contributed by atoms with van der Waals surface area (Å²) in [7, 11) is -1.27. The maximum Gasteiger partial charge on any atom is 0.264 e. The molecule has 2 N–H and O–H groups in total. The van der Waals surface area contributed by atoms with Gasteiger partial charge in [-0.15, -0.1) is 0 Å². The Kier molecular flexibility index (Phi) is 7.98. The highest BCUT2D eigenvalue weighted by Crippen LogP contribution is 2.32. The van der Waals surface area contributed by atoms with Crippen LogP contribution in [0.15, 0.2) is 76.7 Å². The predicted octanol–water partition coefficient (Wildman–Crippen LogP) is 3.41. The lowest BCUT2D eigenvalue weighted by atomic mass is 10.2. The van der Waals surface area contributed by atoms with Crippen LogP contribution in [0.3, 0.4) is 0 Å². The fraction of sp³-hybridized carbons (Fsp3) is 0.130. The number of phenolic OH excluding ortho intramolecular Hbond substituents is 1. The van der Waals surface area contributed by atoms with Crippen LogP contribution in [0.25, 0.3) is 0 Å². The van der Waals surface area contributed by atoms with E-state index in [1.54, 1.807) is 36.4 Å². The molecule has 0 atom stereocenters. The van der Waals surface area contributed by atoms with Gasteiger partial charge in [0, 0.05) is 5.56 Å². The number of methoxy groups -OCH3 is 2. The Bertz CT molecular complexity index is 1300. The summed E-state index contributed by atoms with van der Waals surface area (Å²) in [4.78, 5) is 12.6. The highest BCUT2D eigenvalue weighted by Gasteiger charge is 2.27. The van der Waals surface area contributed by atoms with Gasteiger partial charge in [0.2, 0.25) is 0 Å². The summed E-state index contributed by atoms with van der Waals surface area (Å²) in [6.45, 7) is -0.582. The SMILES string of the molecule is COc1ccc(N(CC(=O)N/N=C\c2cccc(OC)c2O)S(=O)(=O)c2ccccc2)cc1Cl. The molecule has 0 heterocycles. The Morgan fingerprint density at radius 3 is 2.41 bits per heavy atom. The van der Waals surface area contributed by atoms with Gasteiger partial charge in [0.25, 0.3) is 15.9 Å². The molecule has 0 unspecified atom stereocenters.